The number of hydrogen-bond acceptors (Lipinski definition) is 2. The van der Waals surface area contributed by atoms with Gasteiger partial charge in [0.05, 0.1) is 18.7 Å². The number of hydrogen-bond donors (Lipinski definition) is 0. The zero-order valence-electron chi connectivity index (χ0n) is 15.4. The Kier molecular flexibility index (Phi) is 4.39. The Hall–Kier alpha value is -2.79. The first-order valence-corrected chi connectivity index (χ1v) is 8.82. The molecule has 26 heavy (non-hydrogen) atoms. The Morgan fingerprint density at radius 1 is 0.885 bits per heavy atom. The molecule has 0 aromatic carbocycles. The summed E-state index contributed by atoms with van der Waals surface area (Å²) in [6, 6.07) is 16.6. The van der Waals surface area contributed by atoms with Gasteiger partial charge in [0.1, 0.15) is 39.6 Å². The Morgan fingerprint density at radius 2 is 1.42 bits per heavy atom. The highest BCUT2D eigenvalue weighted by Crippen LogP contribution is 2.24. The van der Waals surface area contributed by atoms with E-state index in [2.05, 4.69) is 83.6 Å². The number of epoxide rings is 1. The van der Waals surface area contributed by atoms with Crippen LogP contribution in [0.25, 0.3) is 22.8 Å². The number of aryl methyl sites for hydroxylation is 2. The van der Waals surface area contributed by atoms with Crippen molar-refractivity contribution in [1.29, 1.82) is 0 Å². The van der Waals surface area contributed by atoms with Gasteiger partial charge in [0, 0.05) is 24.3 Å². The summed E-state index contributed by atoms with van der Waals surface area (Å²) in [4.78, 5) is 0. The molecule has 4 rings (SSSR count). The lowest BCUT2D eigenvalue weighted by Crippen LogP contribution is -2.42. The van der Waals surface area contributed by atoms with E-state index in [9.17, 15) is 0 Å². The first-order valence-electron chi connectivity index (χ1n) is 8.82. The molecule has 132 valence electrons. The molecule has 1 unspecified atom stereocenters. The van der Waals surface area contributed by atoms with E-state index in [1.54, 1.807) is 0 Å². The Bertz CT molecular complexity index is 885. The monoisotopic (exact) mass is 350 g/mol. The maximum atomic E-state index is 6.03. The van der Waals surface area contributed by atoms with Gasteiger partial charge in [-0.2, -0.15) is 13.7 Å². The lowest BCUT2D eigenvalue weighted by atomic mass is 10.1. The minimum absolute atomic E-state index is 0.233. The number of ether oxygens (including phenoxy) is 2. The SMILES string of the molecule is C[n+]1ccccc1-c1cc(OCC2CO2)cc(-c2cccc[n+]2C)[n+]1C. The summed E-state index contributed by atoms with van der Waals surface area (Å²) in [6.45, 7) is 1.38. The average Bonchev–Trinajstić information content (AvgIpc) is 3.47. The molecule has 5 heteroatoms. The van der Waals surface area contributed by atoms with Crippen LogP contribution in [0, 0.1) is 0 Å². The largest absolute Gasteiger partial charge is 0.490 e. The zero-order valence-corrected chi connectivity index (χ0v) is 15.4. The van der Waals surface area contributed by atoms with Gasteiger partial charge in [-0.15, -0.1) is 0 Å². The second-order valence-corrected chi connectivity index (χ2v) is 6.68. The van der Waals surface area contributed by atoms with Crippen LogP contribution in [0.2, 0.25) is 0 Å². The molecular weight excluding hydrogens is 326 g/mol. The van der Waals surface area contributed by atoms with Gasteiger partial charge in [-0.3, -0.25) is 0 Å². The van der Waals surface area contributed by atoms with E-state index in [1.807, 2.05) is 12.1 Å². The molecule has 0 radical (unpaired) electrons. The fourth-order valence-electron chi connectivity index (χ4n) is 3.14. The minimum atomic E-state index is 0.233. The third kappa shape index (κ3) is 3.30. The summed E-state index contributed by atoms with van der Waals surface area (Å²) in [5, 5.41) is 0. The smallest absolute Gasteiger partial charge is 0.281 e. The molecule has 1 aliphatic heterocycles. The molecule has 1 atom stereocenters. The number of aromatic nitrogens is 3. The summed E-state index contributed by atoms with van der Waals surface area (Å²) >= 11 is 0. The fraction of sp³-hybridized carbons (Fsp3) is 0.286. The van der Waals surface area contributed by atoms with Crippen LogP contribution in [0.15, 0.2) is 60.9 Å². The van der Waals surface area contributed by atoms with Crippen LogP contribution in [-0.2, 0) is 25.9 Å². The van der Waals surface area contributed by atoms with Crippen molar-refractivity contribution in [3.63, 3.8) is 0 Å². The van der Waals surface area contributed by atoms with E-state index < -0.39 is 0 Å². The highest BCUT2D eigenvalue weighted by molar-refractivity contribution is 5.56. The highest BCUT2D eigenvalue weighted by Gasteiger charge is 2.29. The van der Waals surface area contributed by atoms with Crippen LogP contribution in [-0.4, -0.2) is 19.3 Å². The summed E-state index contributed by atoms with van der Waals surface area (Å²) in [7, 11) is 6.21. The molecular formula is C21H24N3O2+3. The number of rotatable bonds is 5. The van der Waals surface area contributed by atoms with Crippen LogP contribution < -0.4 is 18.4 Å². The van der Waals surface area contributed by atoms with Crippen molar-refractivity contribution in [2.24, 2.45) is 21.1 Å². The second-order valence-electron chi connectivity index (χ2n) is 6.68. The van der Waals surface area contributed by atoms with E-state index in [0.717, 1.165) is 35.1 Å². The van der Waals surface area contributed by atoms with Crippen molar-refractivity contribution in [3.8, 4) is 28.5 Å². The van der Waals surface area contributed by atoms with E-state index in [0.29, 0.717) is 6.61 Å². The number of nitrogens with zero attached hydrogens (tertiary/aromatic N) is 3. The van der Waals surface area contributed by atoms with Crippen LogP contribution in [0.3, 0.4) is 0 Å². The van der Waals surface area contributed by atoms with Gasteiger partial charge in [0.15, 0.2) is 12.4 Å². The first kappa shape index (κ1) is 16.7. The molecule has 5 nitrogen and oxygen atoms in total. The van der Waals surface area contributed by atoms with E-state index in [1.165, 1.54) is 0 Å². The van der Waals surface area contributed by atoms with Crippen molar-refractivity contribution in [1.82, 2.24) is 0 Å². The maximum absolute atomic E-state index is 6.03. The molecule has 3 aromatic rings. The first-order chi connectivity index (χ1) is 12.6. The van der Waals surface area contributed by atoms with Crippen molar-refractivity contribution in [3.05, 3.63) is 60.9 Å². The van der Waals surface area contributed by atoms with Crippen molar-refractivity contribution >= 4 is 0 Å². The Balaban J connectivity index is 1.87. The van der Waals surface area contributed by atoms with E-state index in [-0.39, 0.29) is 6.10 Å². The average molecular weight is 350 g/mol. The van der Waals surface area contributed by atoms with Gasteiger partial charge >= 0.3 is 0 Å². The summed E-state index contributed by atoms with van der Waals surface area (Å²) in [5.74, 6) is 0.858. The van der Waals surface area contributed by atoms with Gasteiger partial charge < -0.3 is 9.47 Å². The zero-order chi connectivity index (χ0) is 18.1. The molecule has 1 aliphatic rings. The normalized spacial score (nSPS) is 15.7. The third-order valence-electron chi connectivity index (χ3n) is 4.75. The second kappa shape index (κ2) is 6.84. The van der Waals surface area contributed by atoms with E-state index in [4.69, 9.17) is 9.47 Å². The third-order valence-corrected chi connectivity index (χ3v) is 4.75. The van der Waals surface area contributed by atoms with Gasteiger partial charge in [-0.25, -0.2) is 0 Å². The lowest BCUT2D eigenvalue weighted by molar-refractivity contribution is -0.697. The van der Waals surface area contributed by atoms with Gasteiger partial charge in [0.25, 0.3) is 22.8 Å². The minimum Gasteiger partial charge on any atom is -0.490 e. The fourth-order valence-corrected chi connectivity index (χ4v) is 3.14. The maximum Gasteiger partial charge on any atom is 0.281 e. The topological polar surface area (TPSA) is 33.4 Å². The molecule has 3 aromatic heterocycles. The molecule has 0 N–H and O–H groups in total. The molecule has 4 heterocycles. The predicted molar refractivity (Wildman–Crippen MR) is 96.1 cm³/mol. The molecule has 1 saturated heterocycles. The van der Waals surface area contributed by atoms with E-state index >= 15 is 0 Å². The van der Waals surface area contributed by atoms with Gasteiger partial charge in [-0.05, 0) is 12.1 Å². The molecule has 0 saturated carbocycles. The molecule has 0 amide bonds. The van der Waals surface area contributed by atoms with Crippen LogP contribution in [0.5, 0.6) is 5.75 Å². The predicted octanol–water partition coefficient (Wildman–Crippen LogP) is 1.27. The molecule has 0 spiro atoms. The standard InChI is InChI=1S/C21H24N3O2/c1-22-10-6-4-8-18(22)20-12-16(25-14-17-15-26-17)13-21(24(20)3)19-9-5-7-11-23(19)2/h4-13,17H,14-15H2,1-3H3/q+3. The number of pyridine rings is 3. The van der Waals surface area contributed by atoms with Crippen LogP contribution in [0.1, 0.15) is 0 Å². The van der Waals surface area contributed by atoms with Crippen molar-refractivity contribution in [2.75, 3.05) is 13.2 Å². The summed E-state index contributed by atoms with van der Waals surface area (Å²) < 4.78 is 17.8. The summed E-state index contributed by atoms with van der Waals surface area (Å²) in [5.41, 5.74) is 4.45. The van der Waals surface area contributed by atoms with Crippen molar-refractivity contribution < 1.29 is 23.2 Å². The van der Waals surface area contributed by atoms with Gasteiger partial charge in [0.2, 0.25) is 0 Å². The molecule has 0 bridgehead atoms. The highest BCUT2D eigenvalue weighted by atomic mass is 16.6. The Labute approximate surface area is 153 Å². The van der Waals surface area contributed by atoms with Crippen LogP contribution in [0.4, 0.5) is 0 Å². The lowest BCUT2D eigenvalue weighted by Gasteiger charge is -2.08. The quantitative estimate of drug-likeness (QED) is 0.513. The van der Waals surface area contributed by atoms with Crippen LogP contribution >= 0.6 is 0 Å². The van der Waals surface area contributed by atoms with Gasteiger partial charge in [-0.1, -0.05) is 0 Å². The van der Waals surface area contributed by atoms with Crippen molar-refractivity contribution in [2.45, 2.75) is 6.10 Å². The summed E-state index contributed by atoms with van der Waals surface area (Å²) in [6.07, 6.45) is 4.35. The molecule has 1 fully saturated rings. The molecule has 0 aliphatic carbocycles. The Morgan fingerprint density at radius 3 is 1.88 bits per heavy atom.